The lowest BCUT2D eigenvalue weighted by molar-refractivity contribution is -0.122. The van der Waals surface area contributed by atoms with Crippen LogP contribution in [0.15, 0.2) is 40.4 Å². The highest BCUT2D eigenvalue weighted by molar-refractivity contribution is 9.10. The summed E-state index contributed by atoms with van der Waals surface area (Å²) >= 11 is 9.49. The van der Waals surface area contributed by atoms with Gasteiger partial charge >= 0.3 is 6.03 Å². The Morgan fingerprint density at radius 3 is 2.52 bits per heavy atom. The van der Waals surface area contributed by atoms with E-state index in [0.29, 0.717) is 37.8 Å². The fraction of sp³-hybridized carbons (Fsp3) is 0.150. The van der Waals surface area contributed by atoms with Gasteiger partial charge in [0, 0.05) is 5.02 Å². The second-order valence-corrected chi connectivity index (χ2v) is 7.34. The topological polar surface area (TPSA) is 84.9 Å². The van der Waals surface area contributed by atoms with Crippen molar-refractivity contribution in [2.45, 2.75) is 6.92 Å². The smallest absolute Gasteiger partial charge is 0.335 e. The van der Waals surface area contributed by atoms with E-state index in [1.165, 1.54) is 20.3 Å². The maximum absolute atomic E-state index is 13.0. The second kappa shape index (κ2) is 8.26. The first-order valence-corrected chi connectivity index (χ1v) is 9.53. The maximum atomic E-state index is 13.0. The molecule has 0 spiro atoms. The van der Waals surface area contributed by atoms with Gasteiger partial charge in [0.05, 0.1) is 24.4 Å². The van der Waals surface area contributed by atoms with E-state index in [1.807, 2.05) is 0 Å². The summed E-state index contributed by atoms with van der Waals surface area (Å²) in [4.78, 5) is 38.7. The number of nitrogens with zero attached hydrogens (tertiary/aromatic N) is 1. The van der Waals surface area contributed by atoms with Crippen molar-refractivity contribution in [3.8, 4) is 11.5 Å². The molecule has 0 aromatic heterocycles. The molecule has 0 atom stereocenters. The van der Waals surface area contributed by atoms with Crippen LogP contribution in [0.2, 0.25) is 5.02 Å². The third-order valence-corrected chi connectivity index (χ3v) is 5.35. The van der Waals surface area contributed by atoms with Crippen LogP contribution < -0.4 is 19.7 Å². The van der Waals surface area contributed by atoms with Crippen LogP contribution in [0, 0.1) is 6.92 Å². The van der Waals surface area contributed by atoms with Gasteiger partial charge in [-0.2, -0.15) is 0 Å². The second-order valence-electron chi connectivity index (χ2n) is 6.08. The molecule has 7 nitrogen and oxygen atoms in total. The van der Waals surface area contributed by atoms with Crippen LogP contribution in [0.3, 0.4) is 0 Å². The minimum absolute atomic E-state index is 0.205. The average Bonchev–Trinajstić information content (AvgIpc) is 2.67. The van der Waals surface area contributed by atoms with Crippen molar-refractivity contribution in [2.75, 3.05) is 19.1 Å². The van der Waals surface area contributed by atoms with Crippen molar-refractivity contribution >= 4 is 57.1 Å². The van der Waals surface area contributed by atoms with E-state index < -0.39 is 17.8 Å². The molecular weight excluding hydrogens is 464 g/mol. The molecule has 3 rings (SSSR count). The van der Waals surface area contributed by atoms with Crippen molar-refractivity contribution in [2.24, 2.45) is 0 Å². The summed E-state index contributed by atoms with van der Waals surface area (Å²) in [5, 5.41) is 2.59. The molecule has 0 saturated carbocycles. The van der Waals surface area contributed by atoms with Crippen LogP contribution in [0.5, 0.6) is 11.5 Å². The number of benzene rings is 2. The molecule has 1 heterocycles. The highest BCUT2D eigenvalue weighted by Crippen LogP contribution is 2.37. The molecule has 0 unspecified atom stereocenters. The van der Waals surface area contributed by atoms with Crippen LogP contribution in [-0.4, -0.2) is 32.1 Å². The van der Waals surface area contributed by atoms with Crippen molar-refractivity contribution in [1.82, 2.24) is 5.32 Å². The van der Waals surface area contributed by atoms with Gasteiger partial charge < -0.3 is 9.47 Å². The Kier molecular flexibility index (Phi) is 5.95. The number of urea groups is 1. The lowest BCUT2D eigenvalue weighted by atomic mass is 10.1. The van der Waals surface area contributed by atoms with Crippen molar-refractivity contribution in [3.05, 3.63) is 56.5 Å². The van der Waals surface area contributed by atoms with Crippen LogP contribution in [0.4, 0.5) is 10.5 Å². The van der Waals surface area contributed by atoms with Gasteiger partial charge in [-0.05, 0) is 64.3 Å². The third kappa shape index (κ3) is 3.86. The molecule has 1 saturated heterocycles. The van der Waals surface area contributed by atoms with Gasteiger partial charge in [-0.25, -0.2) is 9.69 Å². The molecule has 1 N–H and O–H groups in total. The standard InChI is InChI=1S/C20H16BrClN2O5/c1-10-14(22)5-4-6-15(10)24-19(26)12(18(25)23-20(24)27)7-11-8-13(21)17(29-3)16(9-11)28-2/h4-9H,1-3H3,(H,23,25,27)/b12-7+. The van der Waals surface area contributed by atoms with Crippen LogP contribution in [0.25, 0.3) is 6.08 Å². The first-order chi connectivity index (χ1) is 13.8. The SMILES string of the molecule is COc1cc(/C=C2\C(=O)NC(=O)N(c3cccc(Cl)c3C)C2=O)cc(Br)c1OC. The van der Waals surface area contributed by atoms with Gasteiger partial charge in [0.25, 0.3) is 11.8 Å². The molecule has 2 aromatic carbocycles. The van der Waals surface area contributed by atoms with Gasteiger partial charge in [0.2, 0.25) is 0 Å². The van der Waals surface area contributed by atoms with Crippen molar-refractivity contribution in [1.29, 1.82) is 0 Å². The van der Waals surface area contributed by atoms with E-state index in [4.69, 9.17) is 21.1 Å². The van der Waals surface area contributed by atoms with Crippen molar-refractivity contribution < 1.29 is 23.9 Å². The summed E-state index contributed by atoms with van der Waals surface area (Å²) in [6.45, 7) is 1.68. The number of anilines is 1. The average molecular weight is 480 g/mol. The molecule has 150 valence electrons. The molecule has 0 aliphatic carbocycles. The summed E-state index contributed by atoms with van der Waals surface area (Å²) < 4.78 is 11.1. The minimum atomic E-state index is -0.837. The fourth-order valence-electron chi connectivity index (χ4n) is 2.90. The summed E-state index contributed by atoms with van der Waals surface area (Å²) in [5.74, 6) is -0.659. The number of hydrogen-bond donors (Lipinski definition) is 1. The number of amides is 4. The lowest BCUT2D eigenvalue weighted by Crippen LogP contribution is -2.54. The number of carbonyl (C=O) groups excluding carboxylic acids is 3. The number of hydrogen-bond acceptors (Lipinski definition) is 5. The summed E-state index contributed by atoms with van der Waals surface area (Å²) in [6.07, 6.45) is 1.38. The molecule has 0 radical (unpaired) electrons. The van der Waals surface area contributed by atoms with Crippen LogP contribution >= 0.6 is 27.5 Å². The zero-order valence-corrected chi connectivity index (χ0v) is 18.1. The lowest BCUT2D eigenvalue weighted by Gasteiger charge is -2.27. The van der Waals surface area contributed by atoms with Gasteiger partial charge in [0.1, 0.15) is 5.57 Å². The molecule has 1 aliphatic rings. The molecule has 4 amide bonds. The summed E-state index contributed by atoms with van der Waals surface area (Å²) in [6, 6.07) is 7.30. The zero-order valence-electron chi connectivity index (χ0n) is 15.7. The highest BCUT2D eigenvalue weighted by atomic mass is 79.9. The normalized spacial score (nSPS) is 15.6. The van der Waals surface area contributed by atoms with Gasteiger partial charge in [-0.15, -0.1) is 0 Å². The Morgan fingerprint density at radius 2 is 1.86 bits per heavy atom. The Balaban J connectivity index is 2.09. The highest BCUT2D eigenvalue weighted by Gasteiger charge is 2.37. The number of imide groups is 2. The van der Waals surface area contributed by atoms with Gasteiger partial charge in [-0.1, -0.05) is 17.7 Å². The van der Waals surface area contributed by atoms with Crippen molar-refractivity contribution in [3.63, 3.8) is 0 Å². The van der Waals surface area contributed by atoms with Crippen LogP contribution in [0.1, 0.15) is 11.1 Å². The predicted molar refractivity (Wildman–Crippen MR) is 112 cm³/mol. The van der Waals surface area contributed by atoms with E-state index in [0.717, 1.165) is 4.90 Å². The molecule has 9 heteroatoms. The number of methoxy groups -OCH3 is 2. The quantitative estimate of drug-likeness (QED) is 0.527. The number of halogens is 2. The molecule has 29 heavy (non-hydrogen) atoms. The monoisotopic (exact) mass is 478 g/mol. The molecular formula is C20H16BrClN2O5. The first kappa shape index (κ1) is 20.9. The number of ether oxygens (including phenoxy) is 2. The third-order valence-electron chi connectivity index (χ3n) is 4.35. The van der Waals surface area contributed by atoms with E-state index in [1.54, 1.807) is 37.3 Å². The minimum Gasteiger partial charge on any atom is -0.493 e. The van der Waals surface area contributed by atoms with E-state index in [-0.39, 0.29) is 5.57 Å². The molecule has 0 bridgehead atoms. The summed E-state index contributed by atoms with van der Waals surface area (Å²) in [7, 11) is 2.97. The Labute approximate surface area is 180 Å². The predicted octanol–water partition coefficient (Wildman–Crippen LogP) is 4.09. The van der Waals surface area contributed by atoms with E-state index in [2.05, 4.69) is 21.2 Å². The largest absolute Gasteiger partial charge is 0.493 e. The maximum Gasteiger partial charge on any atom is 0.335 e. The van der Waals surface area contributed by atoms with Crippen LogP contribution in [-0.2, 0) is 9.59 Å². The molecule has 1 aliphatic heterocycles. The number of barbiturate groups is 1. The van der Waals surface area contributed by atoms with E-state index in [9.17, 15) is 14.4 Å². The number of nitrogens with one attached hydrogen (secondary N) is 1. The fourth-order valence-corrected chi connectivity index (χ4v) is 3.69. The van der Waals surface area contributed by atoms with Gasteiger partial charge in [-0.3, -0.25) is 14.9 Å². The number of carbonyl (C=O) groups is 3. The van der Waals surface area contributed by atoms with E-state index >= 15 is 0 Å². The molecule has 1 fully saturated rings. The Morgan fingerprint density at radius 1 is 1.14 bits per heavy atom. The summed E-state index contributed by atoms with van der Waals surface area (Å²) in [5.41, 5.74) is 1.14. The Bertz CT molecular complexity index is 1070. The number of rotatable bonds is 4. The van der Waals surface area contributed by atoms with Gasteiger partial charge in [0.15, 0.2) is 11.5 Å². The zero-order chi connectivity index (χ0) is 21.3. The first-order valence-electron chi connectivity index (χ1n) is 8.36. The molecule has 2 aromatic rings. The Hall–Kier alpha value is -2.84.